The Bertz CT molecular complexity index is 1260. The molecule has 1 aliphatic rings. The van der Waals surface area contributed by atoms with Crippen LogP contribution in [-0.2, 0) is 4.74 Å². The molecule has 7 nitrogen and oxygen atoms in total. The summed E-state index contributed by atoms with van der Waals surface area (Å²) in [5.74, 6) is 0.0756. The maximum atomic E-state index is 13.1. The van der Waals surface area contributed by atoms with Gasteiger partial charge in [-0.2, -0.15) is 13.2 Å². The van der Waals surface area contributed by atoms with Crippen LogP contribution in [0.3, 0.4) is 0 Å². The lowest BCUT2D eigenvalue weighted by Gasteiger charge is -2.39. The Morgan fingerprint density at radius 1 is 1.11 bits per heavy atom. The van der Waals surface area contributed by atoms with Crippen LogP contribution in [0.25, 0.3) is 16.6 Å². The molecule has 0 saturated carbocycles. The summed E-state index contributed by atoms with van der Waals surface area (Å²) >= 11 is 0. The predicted octanol–water partition coefficient (Wildman–Crippen LogP) is 5.12. The van der Waals surface area contributed by atoms with Crippen molar-refractivity contribution in [3.8, 4) is 17.0 Å². The highest BCUT2D eigenvalue weighted by Gasteiger charge is 2.34. The van der Waals surface area contributed by atoms with Gasteiger partial charge in [-0.3, -0.25) is 9.80 Å². The second kappa shape index (κ2) is 10.7. The Hall–Kier alpha value is -3.11. The Morgan fingerprint density at radius 2 is 1.81 bits per heavy atom. The van der Waals surface area contributed by atoms with Crippen molar-refractivity contribution in [2.24, 2.45) is 0 Å². The Morgan fingerprint density at radius 3 is 2.43 bits per heavy atom. The van der Waals surface area contributed by atoms with Crippen molar-refractivity contribution in [1.29, 1.82) is 0 Å². The van der Waals surface area contributed by atoms with Crippen molar-refractivity contribution in [2.45, 2.75) is 46.0 Å². The number of pyridine rings is 2. The molecule has 0 aliphatic carbocycles. The van der Waals surface area contributed by atoms with E-state index in [1.165, 1.54) is 4.90 Å². The van der Waals surface area contributed by atoms with E-state index in [0.717, 1.165) is 27.9 Å². The van der Waals surface area contributed by atoms with Crippen LogP contribution in [0.1, 0.15) is 48.4 Å². The molecule has 1 aliphatic heterocycles. The maximum Gasteiger partial charge on any atom is 0.401 e. The van der Waals surface area contributed by atoms with Gasteiger partial charge in [0.1, 0.15) is 0 Å². The second-order valence-corrected chi connectivity index (χ2v) is 9.70. The largest absolute Gasteiger partial charge is 0.481 e. The summed E-state index contributed by atoms with van der Waals surface area (Å²) in [4.78, 5) is 20.9. The summed E-state index contributed by atoms with van der Waals surface area (Å²) in [5.41, 5.74) is 4.79. The molecule has 0 spiro atoms. The molecule has 1 fully saturated rings. The number of halogens is 3. The minimum Gasteiger partial charge on any atom is -0.481 e. The standard InChI is InChI=1S/C27H33F3N4O3/c1-17(2)37-26(35)22-15-23-21(20-6-8-31-24(14-20)36-5)7-9-34(23)25(18(22)3)19(4)33-12-10-32(11-13-33)16-27(28,29)30/h6-9,14-15,17,19H,10-13,16H2,1-5H3. The number of carbonyl (C=O) groups excluding carboxylic acids is 1. The van der Waals surface area contributed by atoms with Gasteiger partial charge in [-0.05, 0) is 57.0 Å². The number of hydrogen-bond acceptors (Lipinski definition) is 6. The van der Waals surface area contributed by atoms with Crippen LogP contribution in [-0.4, -0.2) is 77.3 Å². The van der Waals surface area contributed by atoms with Crippen LogP contribution in [0, 0.1) is 6.92 Å². The molecule has 0 aromatic carbocycles. The van der Waals surface area contributed by atoms with Crippen LogP contribution < -0.4 is 4.74 Å². The summed E-state index contributed by atoms with van der Waals surface area (Å²) in [7, 11) is 1.56. The third kappa shape index (κ3) is 5.91. The monoisotopic (exact) mass is 518 g/mol. The highest BCUT2D eigenvalue weighted by atomic mass is 19.4. The van der Waals surface area contributed by atoms with Crippen molar-refractivity contribution < 1.29 is 27.4 Å². The van der Waals surface area contributed by atoms with Crippen molar-refractivity contribution in [3.63, 3.8) is 0 Å². The molecule has 0 N–H and O–H groups in total. The number of nitrogens with zero attached hydrogens (tertiary/aromatic N) is 4. The van der Waals surface area contributed by atoms with Crippen molar-refractivity contribution in [3.05, 3.63) is 53.5 Å². The van der Waals surface area contributed by atoms with E-state index in [1.54, 1.807) is 13.3 Å². The second-order valence-electron chi connectivity index (χ2n) is 9.70. The first kappa shape index (κ1) is 26.9. The molecular weight excluding hydrogens is 485 g/mol. The Labute approximate surface area is 214 Å². The van der Waals surface area contributed by atoms with Crippen LogP contribution in [0.2, 0.25) is 0 Å². The zero-order chi connectivity index (χ0) is 26.9. The minimum absolute atomic E-state index is 0.144. The topological polar surface area (TPSA) is 59.3 Å². The molecule has 37 heavy (non-hydrogen) atoms. The van der Waals surface area contributed by atoms with E-state index in [0.29, 0.717) is 37.6 Å². The molecule has 4 heterocycles. The minimum atomic E-state index is -4.21. The number of carbonyl (C=O) groups is 1. The SMILES string of the molecule is COc1cc(-c2ccn3c(C(C)N4CCN(CC(F)(F)F)CC4)c(C)c(C(=O)OC(C)C)cc23)ccn1. The van der Waals surface area contributed by atoms with E-state index >= 15 is 0 Å². The van der Waals surface area contributed by atoms with Gasteiger partial charge in [0.15, 0.2) is 0 Å². The molecule has 200 valence electrons. The van der Waals surface area contributed by atoms with Crippen LogP contribution in [0.5, 0.6) is 5.88 Å². The lowest BCUT2D eigenvalue weighted by molar-refractivity contribution is -0.149. The van der Waals surface area contributed by atoms with Crippen molar-refractivity contribution >= 4 is 11.5 Å². The van der Waals surface area contributed by atoms with Crippen LogP contribution in [0.15, 0.2) is 36.7 Å². The number of fused-ring (bicyclic) bond motifs is 1. The van der Waals surface area contributed by atoms with E-state index in [-0.39, 0.29) is 12.1 Å². The van der Waals surface area contributed by atoms with Gasteiger partial charge in [0, 0.05) is 61.9 Å². The average Bonchev–Trinajstić information content (AvgIpc) is 3.25. The number of piperazine rings is 1. The van der Waals surface area contributed by atoms with E-state index in [2.05, 4.69) is 14.3 Å². The summed E-state index contributed by atoms with van der Waals surface area (Å²) in [6, 6.07) is 7.41. The van der Waals surface area contributed by atoms with Gasteiger partial charge in [0.05, 0.1) is 30.8 Å². The molecule has 0 radical (unpaired) electrons. The van der Waals surface area contributed by atoms with Gasteiger partial charge in [0.2, 0.25) is 5.88 Å². The normalized spacial score (nSPS) is 16.4. The number of alkyl halides is 3. The molecule has 0 bridgehead atoms. The Kier molecular flexibility index (Phi) is 7.80. The number of methoxy groups -OCH3 is 1. The fourth-order valence-electron chi connectivity index (χ4n) is 5.04. The summed E-state index contributed by atoms with van der Waals surface area (Å²) in [6.07, 6.45) is -0.849. The zero-order valence-electron chi connectivity index (χ0n) is 21.8. The van der Waals surface area contributed by atoms with E-state index in [1.807, 2.05) is 58.2 Å². The molecule has 4 rings (SSSR count). The lowest BCUT2D eigenvalue weighted by atomic mass is 9.99. The third-order valence-corrected chi connectivity index (χ3v) is 6.83. The summed E-state index contributed by atoms with van der Waals surface area (Å²) < 4.78 is 51.5. The number of hydrogen-bond donors (Lipinski definition) is 0. The van der Waals surface area contributed by atoms with E-state index in [9.17, 15) is 18.0 Å². The molecule has 1 atom stereocenters. The van der Waals surface area contributed by atoms with Gasteiger partial charge in [-0.1, -0.05) is 0 Å². The first-order valence-electron chi connectivity index (χ1n) is 12.4. The summed E-state index contributed by atoms with van der Waals surface area (Å²) in [6.45, 7) is 8.30. The fraction of sp³-hybridized carbons (Fsp3) is 0.481. The molecule has 3 aromatic heterocycles. The zero-order valence-corrected chi connectivity index (χ0v) is 21.8. The van der Waals surface area contributed by atoms with Gasteiger partial charge in [-0.15, -0.1) is 0 Å². The fourth-order valence-corrected chi connectivity index (χ4v) is 5.04. The first-order valence-corrected chi connectivity index (χ1v) is 12.4. The number of rotatable bonds is 7. The number of ether oxygens (including phenoxy) is 2. The quantitative estimate of drug-likeness (QED) is 0.405. The van der Waals surface area contributed by atoms with Crippen LogP contribution in [0.4, 0.5) is 13.2 Å². The van der Waals surface area contributed by atoms with Crippen molar-refractivity contribution in [2.75, 3.05) is 39.8 Å². The van der Waals surface area contributed by atoms with Gasteiger partial charge in [0.25, 0.3) is 0 Å². The maximum absolute atomic E-state index is 13.1. The molecule has 1 unspecified atom stereocenters. The molecule has 0 amide bonds. The van der Waals surface area contributed by atoms with Gasteiger partial charge in [-0.25, -0.2) is 9.78 Å². The van der Waals surface area contributed by atoms with Crippen LogP contribution >= 0.6 is 0 Å². The number of esters is 1. The van der Waals surface area contributed by atoms with E-state index in [4.69, 9.17) is 9.47 Å². The first-order chi connectivity index (χ1) is 17.5. The third-order valence-electron chi connectivity index (χ3n) is 6.83. The molecule has 10 heteroatoms. The highest BCUT2D eigenvalue weighted by Crippen LogP contribution is 2.35. The smallest absolute Gasteiger partial charge is 0.401 e. The van der Waals surface area contributed by atoms with Crippen molar-refractivity contribution in [1.82, 2.24) is 19.2 Å². The molecule has 3 aromatic rings. The number of aromatic nitrogens is 2. The predicted molar refractivity (Wildman–Crippen MR) is 135 cm³/mol. The van der Waals surface area contributed by atoms with E-state index < -0.39 is 18.7 Å². The summed E-state index contributed by atoms with van der Waals surface area (Å²) in [5, 5.41) is 0. The molecule has 1 saturated heterocycles. The van der Waals surface area contributed by atoms with Gasteiger partial charge < -0.3 is 13.9 Å². The average molecular weight is 519 g/mol. The highest BCUT2D eigenvalue weighted by molar-refractivity contribution is 5.95. The molecular formula is C27H33F3N4O3. The lowest BCUT2D eigenvalue weighted by Crippen LogP contribution is -2.49. The Balaban J connectivity index is 1.76. The van der Waals surface area contributed by atoms with Gasteiger partial charge >= 0.3 is 12.1 Å².